The van der Waals surface area contributed by atoms with Crippen LogP contribution < -0.4 is 5.32 Å². The summed E-state index contributed by atoms with van der Waals surface area (Å²) in [5.41, 5.74) is 1.00. The molecule has 0 bridgehead atoms. The second kappa shape index (κ2) is 8.65. The highest BCUT2D eigenvalue weighted by Gasteiger charge is 2.05. The summed E-state index contributed by atoms with van der Waals surface area (Å²) in [7, 11) is 0. The van der Waals surface area contributed by atoms with Crippen molar-refractivity contribution in [1.82, 2.24) is 5.32 Å². The van der Waals surface area contributed by atoms with Crippen LogP contribution in [-0.4, -0.2) is 6.54 Å². The Morgan fingerprint density at radius 1 is 1.33 bits per heavy atom. The van der Waals surface area contributed by atoms with Crippen LogP contribution in [0.2, 0.25) is 0 Å². The van der Waals surface area contributed by atoms with Crippen molar-refractivity contribution in [3.8, 4) is 0 Å². The fourth-order valence-corrected chi connectivity index (χ4v) is 2.26. The van der Waals surface area contributed by atoms with E-state index in [2.05, 4.69) is 35.1 Å². The van der Waals surface area contributed by atoms with Crippen molar-refractivity contribution < 1.29 is 4.39 Å². The van der Waals surface area contributed by atoms with Crippen LogP contribution in [0.25, 0.3) is 0 Å². The van der Waals surface area contributed by atoms with E-state index in [1.165, 1.54) is 25.7 Å². The van der Waals surface area contributed by atoms with Crippen molar-refractivity contribution >= 4 is 15.9 Å². The van der Waals surface area contributed by atoms with Gasteiger partial charge in [0.15, 0.2) is 0 Å². The second-order valence-electron chi connectivity index (χ2n) is 4.80. The normalized spacial score (nSPS) is 12.7. The largest absolute Gasteiger partial charge is 0.312 e. The molecule has 0 fully saturated rings. The molecule has 1 atom stereocenters. The Hall–Kier alpha value is -0.410. The number of hydrogen-bond donors (Lipinski definition) is 1. The van der Waals surface area contributed by atoms with Crippen LogP contribution in [0.1, 0.15) is 45.1 Å². The van der Waals surface area contributed by atoms with Gasteiger partial charge in [-0.25, -0.2) is 4.39 Å². The lowest BCUT2D eigenvalue weighted by Gasteiger charge is -2.15. The van der Waals surface area contributed by atoms with Crippen molar-refractivity contribution in [2.75, 3.05) is 6.54 Å². The molecule has 0 saturated heterocycles. The van der Waals surface area contributed by atoms with Gasteiger partial charge in [0.05, 0.1) is 4.47 Å². The first-order valence-corrected chi connectivity index (χ1v) is 7.61. The molecule has 1 N–H and O–H groups in total. The van der Waals surface area contributed by atoms with Crippen molar-refractivity contribution in [2.45, 2.75) is 46.1 Å². The maximum atomic E-state index is 13.3. The first kappa shape index (κ1) is 15.6. The Kier molecular flexibility index (Phi) is 7.52. The number of unbranched alkanes of at least 4 members (excludes halogenated alkanes) is 1. The molecule has 102 valence electrons. The van der Waals surface area contributed by atoms with Crippen LogP contribution in [0.5, 0.6) is 0 Å². The van der Waals surface area contributed by atoms with Gasteiger partial charge in [0, 0.05) is 6.54 Å². The van der Waals surface area contributed by atoms with Gasteiger partial charge in [0.25, 0.3) is 0 Å². The van der Waals surface area contributed by atoms with E-state index >= 15 is 0 Å². The minimum atomic E-state index is -0.188. The molecule has 3 heteroatoms. The van der Waals surface area contributed by atoms with Gasteiger partial charge in [0.2, 0.25) is 0 Å². The highest BCUT2D eigenvalue weighted by molar-refractivity contribution is 9.10. The minimum absolute atomic E-state index is 0.188. The fourth-order valence-electron chi connectivity index (χ4n) is 2.01. The van der Waals surface area contributed by atoms with Crippen molar-refractivity contribution in [1.29, 1.82) is 0 Å². The van der Waals surface area contributed by atoms with Crippen LogP contribution in [0.4, 0.5) is 4.39 Å². The van der Waals surface area contributed by atoms with E-state index in [0.717, 1.165) is 24.6 Å². The van der Waals surface area contributed by atoms with Gasteiger partial charge >= 0.3 is 0 Å². The third-order valence-electron chi connectivity index (χ3n) is 3.29. The van der Waals surface area contributed by atoms with E-state index in [1.54, 1.807) is 12.1 Å². The SMILES string of the molecule is CCCCC(CC)CNCc1ccc(Br)c(F)c1. The Labute approximate surface area is 118 Å². The Morgan fingerprint density at radius 2 is 2.11 bits per heavy atom. The first-order chi connectivity index (χ1) is 8.67. The zero-order valence-corrected chi connectivity index (χ0v) is 12.9. The zero-order chi connectivity index (χ0) is 13.4. The maximum Gasteiger partial charge on any atom is 0.137 e. The zero-order valence-electron chi connectivity index (χ0n) is 11.3. The highest BCUT2D eigenvalue weighted by Crippen LogP contribution is 2.16. The molecular formula is C15H23BrFN. The molecule has 1 aromatic rings. The maximum absolute atomic E-state index is 13.3. The third kappa shape index (κ3) is 5.49. The Bertz CT molecular complexity index is 354. The number of hydrogen-bond acceptors (Lipinski definition) is 1. The van der Waals surface area contributed by atoms with Gasteiger partial charge in [0.1, 0.15) is 5.82 Å². The van der Waals surface area contributed by atoms with Crippen molar-refractivity contribution in [3.63, 3.8) is 0 Å². The molecule has 0 aliphatic carbocycles. The summed E-state index contributed by atoms with van der Waals surface area (Å²) in [5, 5.41) is 3.43. The number of nitrogens with one attached hydrogen (secondary N) is 1. The van der Waals surface area contributed by atoms with Crippen LogP contribution in [-0.2, 0) is 6.54 Å². The average molecular weight is 316 g/mol. The number of benzene rings is 1. The molecule has 1 nitrogen and oxygen atoms in total. The lowest BCUT2D eigenvalue weighted by molar-refractivity contribution is 0.419. The molecule has 0 heterocycles. The smallest absolute Gasteiger partial charge is 0.137 e. The molecule has 0 radical (unpaired) electrons. The molecule has 0 aliphatic rings. The molecule has 0 aromatic heterocycles. The lowest BCUT2D eigenvalue weighted by Crippen LogP contribution is -2.22. The van der Waals surface area contributed by atoms with Crippen LogP contribution in [0.3, 0.4) is 0 Å². The quantitative estimate of drug-likeness (QED) is 0.720. The van der Waals surface area contributed by atoms with Gasteiger partial charge in [-0.05, 0) is 52.5 Å². The molecule has 18 heavy (non-hydrogen) atoms. The van der Waals surface area contributed by atoms with Gasteiger partial charge in [-0.2, -0.15) is 0 Å². The van der Waals surface area contributed by atoms with Crippen LogP contribution >= 0.6 is 15.9 Å². The summed E-state index contributed by atoms with van der Waals surface area (Å²) in [4.78, 5) is 0. The second-order valence-corrected chi connectivity index (χ2v) is 5.65. The molecule has 1 rings (SSSR count). The van der Waals surface area contributed by atoms with E-state index in [1.807, 2.05) is 6.07 Å². The summed E-state index contributed by atoms with van der Waals surface area (Å²) >= 11 is 3.16. The van der Waals surface area contributed by atoms with Crippen molar-refractivity contribution in [3.05, 3.63) is 34.1 Å². The predicted octanol–water partition coefficient (Wildman–Crippen LogP) is 4.89. The summed E-state index contributed by atoms with van der Waals surface area (Å²) in [6.07, 6.45) is 5.05. The van der Waals surface area contributed by atoms with E-state index in [0.29, 0.717) is 4.47 Å². The fraction of sp³-hybridized carbons (Fsp3) is 0.600. The highest BCUT2D eigenvalue weighted by atomic mass is 79.9. The topological polar surface area (TPSA) is 12.0 Å². The molecule has 1 aromatic carbocycles. The molecule has 0 aliphatic heterocycles. The molecular weight excluding hydrogens is 293 g/mol. The minimum Gasteiger partial charge on any atom is -0.312 e. The lowest BCUT2D eigenvalue weighted by atomic mass is 9.99. The van der Waals surface area contributed by atoms with Gasteiger partial charge in [-0.1, -0.05) is 39.2 Å². The van der Waals surface area contributed by atoms with Gasteiger partial charge < -0.3 is 5.32 Å². The summed E-state index contributed by atoms with van der Waals surface area (Å²) < 4.78 is 13.9. The van der Waals surface area contributed by atoms with Crippen molar-refractivity contribution in [2.24, 2.45) is 5.92 Å². The third-order valence-corrected chi connectivity index (χ3v) is 3.93. The number of halogens is 2. The van der Waals surface area contributed by atoms with E-state index < -0.39 is 0 Å². The monoisotopic (exact) mass is 315 g/mol. The summed E-state index contributed by atoms with van der Waals surface area (Å²) in [6.45, 7) is 6.23. The van der Waals surface area contributed by atoms with Gasteiger partial charge in [-0.15, -0.1) is 0 Å². The van der Waals surface area contributed by atoms with Crippen LogP contribution in [0.15, 0.2) is 22.7 Å². The summed E-state index contributed by atoms with van der Waals surface area (Å²) in [5.74, 6) is 0.553. The predicted molar refractivity (Wildman–Crippen MR) is 79.1 cm³/mol. The standard InChI is InChI=1S/C15H23BrFN/c1-3-5-6-12(4-2)10-18-11-13-7-8-14(16)15(17)9-13/h7-9,12,18H,3-6,10-11H2,1-2H3. The molecule has 0 amide bonds. The first-order valence-electron chi connectivity index (χ1n) is 6.82. The Balaban J connectivity index is 2.33. The average Bonchev–Trinajstić information content (AvgIpc) is 2.37. The van der Waals surface area contributed by atoms with E-state index in [9.17, 15) is 4.39 Å². The molecule has 0 saturated carbocycles. The molecule has 1 unspecified atom stereocenters. The summed E-state index contributed by atoms with van der Waals surface area (Å²) in [6, 6.07) is 5.30. The van der Waals surface area contributed by atoms with E-state index in [-0.39, 0.29) is 5.82 Å². The van der Waals surface area contributed by atoms with Gasteiger partial charge in [-0.3, -0.25) is 0 Å². The van der Waals surface area contributed by atoms with E-state index in [4.69, 9.17) is 0 Å². The Morgan fingerprint density at radius 3 is 2.72 bits per heavy atom. The number of rotatable bonds is 8. The molecule has 0 spiro atoms. The van der Waals surface area contributed by atoms with Crippen LogP contribution in [0, 0.1) is 11.7 Å².